The Balaban J connectivity index is 1.38. The van der Waals surface area contributed by atoms with Crippen LogP contribution < -0.4 is 0 Å². The highest BCUT2D eigenvalue weighted by Gasteiger charge is 2.32. The Morgan fingerprint density at radius 2 is 1.87 bits per heavy atom. The van der Waals surface area contributed by atoms with Crippen LogP contribution in [-0.2, 0) is 13.0 Å². The Kier molecular flexibility index (Phi) is 5.56. The minimum Gasteiger partial charge on any atom is -0.492 e. The van der Waals surface area contributed by atoms with E-state index in [1.165, 1.54) is 10.4 Å². The number of rotatable bonds is 6. The molecule has 1 N–H and O–H groups in total. The Bertz CT molecular complexity index is 1100. The third-order valence-electron chi connectivity index (χ3n) is 5.64. The number of thiophene rings is 1. The number of piperazine rings is 1. The molecule has 30 heavy (non-hydrogen) atoms. The Morgan fingerprint density at radius 3 is 2.53 bits per heavy atom. The molecule has 4 heterocycles. The van der Waals surface area contributed by atoms with Crippen molar-refractivity contribution in [2.45, 2.75) is 25.9 Å². The van der Waals surface area contributed by atoms with E-state index in [0.29, 0.717) is 0 Å². The maximum absolute atomic E-state index is 11.0. The lowest BCUT2D eigenvalue weighted by molar-refractivity contribution is 0.106. The molecule has 1 aliphatic rings. The van der Waals surface area contributed by atoms with Crippen molar-refractivity contribution in [3.05, 3.63) is 69.0 Å². The van der Waals surface area contributed by atoms with E-state index in [2.05, 4.69) is 67.7 Å². The highest BCUT2D eigenvalue weighted by atomic mass is 32.1. The van der Waals surface area contributed by atoms with E-state index < -0.39 is 0 Å². The summed E-state index contributed by atoms with van der Waals surface area (Å²) in [6.07, 6.45) is 0.765. The van der Waals surface area contributed by atoms with Crippen LogP contribution in [0.4, 0.5) is 0 Å². The van der Waals surface area contributed by atoms with Crippen LogP contribution in [0.2, 0.25) is 0 Å². The normalized spacial score (nSPS) is 17.0. The van der Waals surface area contributed by atoms with E-state index in [4.69, 9.17) is 0 Å². The van der Waals surface area contributed by atoms with Gasteiger partial charge in [-0.25, -0.2) is 4.98 Å². The molecule has 156 valence electrons. The molecule has 1 atom stereocenters. The molecular weight excluding hydrogens is 414 g/mol. The number of aryl methyl sites for hydroxylation is 1. The molecule has 1 aliphatic heterocycles. The summed E-state index contributed by atoms with van der Waals surface area (Å²) >= 11 is 3.30. The molecule has 0 saturated carbocycles. The van der Waals surface area contributed by atoms with E-state index in [-0.39, 0.29) is 11.9 Å². The van der Waals surface area contributed by atoms with Gasteiger partial charge in [0.15, 0.2) is 5.82 Å². The molecule has 1 unspecified atom stereocenters. The standard InChI is InChI=1S/C22H25N5OS2/c1-2-18-23-22-27(24-18)21(28)20(30-22)19(17-9-6-14-29-17)26-12-10-25(11-13-26)15-16-7-4-3-5-8-16/h3-9,14,19,28H,2,10-13,15H2,1H3. The smallest absolute Gasteiger partial charge is 0.230 e. The molecular formula is C22H25N5OS2. The summed E-state index contributed by atoms with van der Waals surface area (Å²) in [5, 5.41) is 17.6. The first-order valence-corrected chi connectivity index (χ1v) is 12.0. The summed E-state index contributed by atoms with van der Waals surface area (Å²) in [6, 6.07) is 15.0. The minimum absolute atomic E-state index is 0.0439. The van der Waals surface area contributed by atoms with Gasteiger partial charge >= 0.3 is 0 Å². The summed E-state index contributed by atoms with van der Waals surface area (Å²) in [5.41, 5.74) is 1.36. The topological polar surface area (TPSA) is 56.9 Å². The third kappa shape index (κ3) is 3.76. The quantitative estimate of drug-likeness (QED) is 0.492. The second-order valence-corrected chi connectivity index (χ2v) is 9.57. The number of hydrogen-bond acceptors (Lipinski definition) is 7. The van der Waals surface area contributed by atoms with Crippen molar-refractivity contribution in [1.82, 2.24) is 24.4 Å². The zero-order valence-corrected chi connectivity index (χ0v) is 18.6. The summed E-state index contributed by atoms with van der Waals surface area (Å²) in [6.45, 7) is 6.96. The van der Waals surface area contributed by atoms with Gasteiger partial charge in [-0.15, -0.1) is 16.4 Å². The van der Waals surface area contributed by atoms with Crippen molar-refractivity contribution in [2.75, 3.05) is 26.2 Å². The van der Waals surface area contributed by atoms with Crippen molar-refractivity contribution >= 4 is 27.6 Å². The minimum atomic E-state index is 0.0439. The van der Waals surface area contributed by atoms with Crippen molar-refractivity contribution < 1.29 is 5.11 Å². The average Bonchev–Trinajstić information content (AvgIpc) is 3.50. The van der Waals surface area contributed by atoms with Crippen molar-refractivity contribution in [2.24, 2.45) is 0 Å². The van der Waals surface area contributed by atoms with Crippen molar-refractivity contribution in [1.29, 1.82) is 0 Å². The zero-order chi connectivity index (χ0) is 20.5. The van der Waals surface area contributed by atoms with Crippen molar-refractivity contribution in [3.8, 4) is 5.88 Å². The van der Waals surface area contributed by atoms with E-state index in [1.54, 1.807) is 27.2 Å². The van der Waals surface area contributed by atoms with E-state index in [9.17, 15) is 5.11 Å². The van der Waals surface area contributed by atoms with Crippen LogP contribution in [0.5, 0.6) is 5.88 Å². The number of thiazole rings is 1. The van der Waals surface area contributed by atoms with Crippen LogP contribution in [0.15, 0.2) is 47.8 Å². The van der Waals surface area contributed by atoms with Gasteiger partial charge in [-0.1, -0.05) is 54.7 Å². The fraction of sp³-hybridized carbons (Fsp3) is 0.364. The molecule has 1 aromatic carbocycles. The van der Waals surface area contributed by atoms with Gasteiger partial charge in [0.2, 0.25) is 10.8 Å². The van der Waals surface area contributed by atoms with E-state index in [1.807, 2.05) is 6.92 Å². The first kappa shape index (κ1) is 19.7. The van der Waals surface area contributed by atoms with Gasteiger partial charge in [-0.05, 0) is 17.0 Å². The number of nitrogens with zero attached hydrogens (tertiary/aromatic N) is 5. The molecule has 0 radical (unpaired) electrons. The van der Waals surface area contributed by atoms with Gasteiger partial charge in [0, 0.05) is 44.0 Å². The highest BCUT2D eigenvalue weighted by Crippen LogP contribution is 2.41. The molecule has 0 amide bonds. The monoisotopic (exact) mass is 439 g/mol. The lowest BCUT2D eigenvalue weighted by atomic mass is 10.1. The molecule has 1 fully saturated rings. The molecule has 6 nitrogen and oxygen atoms in total. The van der Waals surface area contributed by atoms with Crippen LogP contribution in [0.3, 0.4) is 0 Å². The van der Waals surface area contributed by atoms with Crippen LogP contribution in [0, 0.1) is 0 Å². The molecule has 0 aliphatic carbocycles. The first-order chi connectivity index (χ1) is 14.7. The first-order valence-electron chi connectivity index (χ1n) is 10.3. The zero-order valence-electron chi connectivity index (χ0n) is 16.9. The second-order valence-electron chi connectivity index (χ2n) is 7.58. The van der Waals surface area contributed by atoms with Gasteiger partial charge in [-0.2, -0.15) is 4.52 Å². The Labute approximate surface area is 184 Å². The summed E-state index contributed by atoms with van der Waals surface area (Å²) in [5.74, 6) is 0.998. The maximum atomic E-state index is 11.0. The molecule has 5 rings (SSSR count). The summed E-state index contributed by atoms with van der Waals surface area (Å²) < 4.78 is 1.60. The third-order valence-corrected chi connectivity index (χ3v) is 7.64. The van der Waals surface area contributed by atoms with Gasteiger partial charge in [-0.3, -0.25) is 9.80 Å². The highest BCUT2D eigenvalue weighted by molar-refractivity contribution is 7.17. The van der Waals surface area contributed by atoms with E-state index in [0.717, 1.165) is 54.8 Å². The van der Waals surface area contributed by atoms with Crippen LogP contribution in [-0.4, -0.2) is 55.7 Å². The Morgan fingerprint density at radius 1 is 1.07 bits per heavy atom. The molecule has 0 bridgehead atoms. The number of hydrogen-bond donors (Lipinski definition) is 1. The van der Waals surface area contributed by atoms with Gasteiger partial charge in [0.1, 0.15) is 0 Å². The number of aromatic hydroxyl groups is 1. The average molecular weight is 440 g/mol. The largest absolute Gasteiger partial charge is 0.492 e. The van der Waals surface area contributed by atoms with Gasteiger partial charge in [0.25, 0.3) is 0 Å². The molecule has 1 saturated heterocycles. The second kappa shape index (κ2) is 8.47. The fourth-order valence-electron chi connectivity index (χ4n) is 4.06. The van der Waals surface area contributed by atoms with Crippen LogP contribution >= 0.6 is 22.7 Å². The predicted octanol–water partition coefficient (Wildman–Crippen LogP) is 4.03. The Hall–Kier alpha value is -2.26. The van der Waals surface area contributed by atoms with Gasteiger partial charge in [0.05, 0.1) is 10.9 Å². The lowest BCUT2D eigenvalue weighted by Crippen LogP contribution is -2.47. The van der Waals surface area contributed by atoms with Gasteiger partial charge < -0.3 is 5.11 Å². The maximum Gasteiger partial charge on any atom is 0.230 e. The van der Waals surface area contributed by atoms with E-state index >= 15 is 0 Å². The molecule has 3 aromatic heterocycles. The molecule has 0 spiro atoms. The predicted molar refractivity (Wildman–Crippen MR) is 121 cm³/mol. The van der Waals surface area contributed by atoms with Crippen LogP contribution in [0.25, 0.3) is 4.96 Å². The summed E-state index contributed by atoms with van der Waals surface area (Å²) in [7, 11) is 0. The molecule has 8 heteroatoms. The number of benzene rings is 1. The van der Waals surface area contributed by atoms with Crippen molar-refractivity contribution in [3.63, 3.8) is 0 Å². The molecule has 4 aromatic rings. The SMILES string of the molecule is CCc1nc2sc(C(c3cccs3)N3CCN(Cc4ccccc4)CC3)c(O)n2n1. The summed E-state index contributed by atoms with van der Waals surface area (Å²) in [4.78, 5) is 12.5. The number of fused-ring (bicyclic) bond motifs is 1. The lowest BCUT2D eigenvalue weighted by Gasteiger charge is -2.38. The fourth-order valence-corrected chi connectivity index (χ4v) is 6.13. The number of aromatic nitrogens is 3. The van der Waals surface area contributed by atoms with Crippen LogP contribution in [0.1, 0.15) is 34.1 Å².